The fourth-order valence-electron chi connectivity index (χ4n) is 8.74. The molecule has 1 aromatic rings. The summed E-state index contributed by atoms with van der Waals surface area (Å²) >= 11 is 0. The molecule has 0 unspecified atom stereocenters. The minimum absolute atomic E-state index is 0.206. The van der Waals surface area contributed by atoms with Crippen molar-refractivity contribution in [2.45, 2.75) is 125 Å². The Kier molecular flexibility index (Phi) is 11.0. The lowest BCUT2D eigenvalue weighted by Crippen LogP contribution is -2.70. The van der Waals surface area contributed by atoms with E-state index in [1.165, 1.54) is 17.5 Å². The molecule has 0 amide bonds. The predicted molar refractivity (Wildman–Crippen MR) is 154 cm³/mol. The molecule has 3 nitrogen and oxygen atoms in total. The first-order valence-corrected chi connectivity index (χ1v) is 16.5. The molecule has 6 atom stereocenters. The number of benzene rings is 1. The van der Waals surface area contributed by atoms with Crippen LogP contribution in [0.3, 0.4) is 0 Å². The number of phenolic OH excluding ortho intramolecular Hbond substituents is 1. The van der Waals surface area contributed by atoms with Gasteiger partial charge in [0.1, 0.15) is 5.75 Å². The highest BCUT2D eigenvalue weighted by Gasteiger charge is 2.90. The lowest BCUT2D eigenvalue weighted by atomic mass is 9.51. The van der Waals surface area contributed by atoms with Gasteiger partial charge < -0.3 is 15.1 Å². The number of hydrogen-bond donors (Lipinski definition) is 2. The summed E-state index contributed by atoms with van der Waals surface area (Å²) in [5, 5.41) is 21.0. The third-order valence-electron chi connectivity index (χ3n) is 11.4. The third-order valence-corrected chi connectivity index (χ3v) is 11.4. The number of unbranched alkanes of at least 4 members (excludes halogenated alkanes) is 2. The van der Waals surface area contributed by atoms with Gasteiger partial charge in [-0.25, -0.2) is 0 Å². The van der Waals surface area contributed by atoms with Crippen LogP contribution in [0, 0.1) is 23.2 Å². The van der Waals surface area contributed by atoms with Crippen LogP contribution in [0.5, 0.6) is 5.75 Å². The summed E-state index contributed by atoms with van der Waals surface area (Å²) < 4.78 is 173. The Morgan fingerprint density at radius 2 is 1.39 bits per heavy atom. The second-order valence-corrected chi connectivity index (χ2v) is 14.5. The fraction of sp³-hybridized carbons (Fsp3) is 0.818. The van der Waals surface area contributed by atoms with Crippen LogP contribution >= 0.6 is 0 Å². The molecule has 0 saturated heterocycles. The number of aromatic hydroxyl groups is 1. The van der Waals surface area contributed by atoms with Crippen molar-refractivity contribution in [3.63, 3.8) is 0 Å². The summed E-state index contributed by atoms with van der Waals surface area (Å²) in [4.78, 5) is 1.40. The van der Waals surface area contributed by atoms with Crippen molar-refractivity contribution >= 4 is 0 Å². The lowest BCUT2D eigenvalue weighted by molar-refractivity contribution is -0.440. The zero-order chi connectivity index (χ0) is 37.0. The Morgan fingerprint density at radius 1 is 0.776 bits per heavy atom. The van der Waals surface area contributed by atoms with Crippen LogP contribution in [0.4, 0.5) is 57.1 Å². The average molecular weight is 732 g/mol. The van der Waals surface area contributed by atoms with Gasteiger partial charge in [-0.2, -0.15) is 57.1 Å². The predicted octanol–water partition coefficient (Wildman–Crippen LogP) is 9.85. The van der Waals surface area contributed by atoms with Crippen LogP contribution in [-0.2, 0) is 6.42 Å². The number of rotatable bonds is 14. The summed E-state index contributed by atoms with van der Waals surface area (Å²) in [5.41, 5.74) is 2.13. The lowest BCUT2D eigenvalue weighted by Gasteiger charge is -2.54. The Labute approximate surface area is 276 Å². The Bertz CT molecular complexity index is 1300. The fourth-order valence-corrected chi connectivity index (χ4v) is 8.74. The van der Waals surface area contributed by atoms with Gasteiger partial charge in [-0.15, -0.1) is 0 Å². The van der Waals surface area contributed by atoms with Crippen LogP contribution in [0.1, 0.15) is 88.2 Å². The van der Waals surface area contributed by atoms with Crippen LogP contribution in [0.2, 0.25) is 0 Å². The molecule has 0 aliphatic heterocycles. The summed E-state index contributed by atoms with van der Waals surface area (Å²) in [6, 6.07) is 5.48. The van der Waals surface area contributed by atoms with Gasteiger partial charge in [0.15, 0.2) is 0 Å². The number of alkyl halides is 13. The summed E-state index contributed by atoms with van der Waals surface area (Å²) in [5.74, 6) is -35.1. The van der Waals surface area contributed by atoms with E-state index < -0.39 is 61.3 Å². The third kappa shape index (κ3) is 6.86. The first-order valence-electron chi connectivity index (χ1n) is 16.5. The topological polar surface area (TPSA) is 43.7 Å². The van der Waals surface area contributed by atoms with Gasteiger partial charge in [-0.3, -0.25) is 0 Å². The highest BCUT2D eigenvalue weighted by Crippen LogP contribution is 2.64. The van der Waals surface area contributed by atoms with Gasteiger partial charge in [0.25, 0.3) is 0 Å². The number of fused-ring (bicyclic) bond motifs is 5. The van der Waals surface area contributed by atoms with Crippen LogP contribution in [0.25, 0.3) is 0 Å². The molecular formula is C33H42F13NO2. The Hall–Kier alpha value is -1.97. The number of hydrogen-bond acceptors (Lipinski definition) is 3. The van der Waals surface area contributed by atoms with Crippen molar-refractivity contribution in [1.82, 2.24) is 4.90 Å². The Morgan fingerprint density at radius 3 is 2.02 bits per heavy atom. The number of aryl methyl sites for hydroxylation is 1. The minimum atomic E-state index is -7.87. The summed E-state index contributed by atoms with van der Waals surface area (Å²) in [6.07, 6.45) is -3.84. The summed E-state index contributed by atoms with van der Waals surface area (Å²) in [6.45, 7) is 2.01. The van der Waals surface area contributed by atoms with E-state index in [9.17, 15) is 67.3 Å². The van der Waals surface area contributed by atoms with E-state index in [0.717, 1.165) is 50.5 Å². The maximum absolute atomic E-state index is 14.1. The van der Waals surface area contributed by atoms with Crippen molar-refractivity contribution in [1.29, 1.82) is 0 Å². The van der Waals surface area contributed by atoms with Crippen molar-refractivity contribution in [2.24, 2.45) is 23.2 Å². The molecule has 0 radical (unpaired) electrons. The second-order valence-electron chi connectivity index (χ2n) is 14.5. The van der Waals surface area contributed by atoms with Gasteiger partial charge >= 0.3 is 35.8 Å². The van der Waals surface area contributed by atoms with Crippen molar-refractivity contribution in [2.75, 3.05) is 20.1 Å². The molecule has 16 heteroatoms. The average Bonchev–Trinajstić information content (AvgIpc) is 3.28. The molecule has 4 rings (SSSR count). The van der Waals surface area contributed by atoms with E-state index in [1.807, 2.05) is 6.07 Å². The molecule has 2 N–H and O–H groups in total. The maximum Gasteiger partial charge on any atom is 0.460 e. The van der Waals surface area contributed by atoms with Gasteiger partial charge in [0, 0.05) is 6.42 Å². The highest BCUT2D eigenvalue weighted by atomic mass is 19.4. The maximum atomic E-state index is 14.1. The minimum Gasteiger partial charge on any atom is -0.508 e. The monoisotopic (exact) mass is 731 g/mol. The molecule has 2 fully saturated rings. The van der Waals surface area contributed by atoms with Gasteiger partial charge in [0.05, 0.1) is 6.10 Å². The van der Waals surface area contributed by atoms with Crippen molar-refractivity contribution < 1.29 is 67.3 Å². The van der Waals surface area contributed by atoms with Gasteiger partial charge in [0.2, 0.25) is 0 Å². The molecule has 2 saturated carbocycles. The van der Waals surface area contributed by atoms with E-state index in [1.54, 1.807) is 12.1 Å². The number of phenols is 1. The molecule has 3 aliphatic rings. The van der Waals surface area contributed by atoms with Crippen molar-refractivity contribution in [3.8, 4) is 5.75 Å². The molecular weight excluding hydrogens is 689 g/mol. The molecule has 282 valence electrons. The van der Waals surface area contributed by atoms with Crippen LogP contribution < -0.4 is 0 Å². The summed E-state index contributed by atoms with van der Waals surface area (Å²) in [7, 11) is 1.41. The van der Waals surface area contributed by atoms with Crippen LogP contribution in [0.15, 0.2) is 18.2 Å². The zero-order valence-corrected chi connectivity index (χ0v) is 27.1. The van der Waals surface area contributed by atoms with E-state index >= 15 is 0 Å². The first-order chi connectivity index (χ1) is 22.3. The number of aliphatic hydroxyl groups excluding tert-OH is 1. The van der Waals surface area contributed by atoms with Gasteiger partial charge in [-0.1, -0.05) is 25.8 Å². The second kappa shape index (κ2) is 13.5. The molecule has 0 heterocycles. The molecule has 49 heavy (non-hydrogen) atoms. The largest absolute Gasteiger partial charge is 0.508 e. The molecule has 0 bridgehead atoms. The molecule has 0 spiro atoms. The SMILES string of the molecule is CN(CCCCC[C@H]1C[C@]2(C)[C@@H](O)CC[C@H]2[C@@H]2CCc3cc(O)ccc3[C@@H]12)CCCC(F)(F)C(F)(F)C(F)(F)C(F)(F)C(F)(F)C(F)(F)F. The van der Waals surface area contributed by atoms with Crippen LogP contribution in [-0.4, -0.2) is 77.1 Å². The smallest absolute Gasteiger partial charge is 0.460 e. The van der Waals surface area contributed by atoms with E-state index in [4.69, 9.17) is 0 Å². The van der Waals surface area contributed by atoms with Crippen molar-refractivity contribution in [3.05, 3.63) is 29.3 Å². The molecule has 3 aliphatic carbocycles. The molecule has 0 aromatic heterocycles. The number of nitrogens with zero attached hydrogens (tertiary/aromatic N) is 1. The first kappa shape index (κ1) is 39.8. The normalized spacial score (nSPS) is 28.4. The number of halogens is 13. The van der Waals surface area contributed by atoms with E-state index in [2.05, 4.69) is 6.92 Å². The quantitative estimate of drug-likeness (QED) is 0.148. The standard InChI is InChI=1S/C33H42F13NO2/c1-27-18-20(26-22-11-9-21(48)17-19(22)8-10-23(26)24(27)12-13-25(27)49)7-4-3-5-15-47(2)16-6-14-28(34,35)29(36,37)30(38,39)31(40,41)32(42,43)33(44,45)46/h9,11,17,20,23-26,48-49H,3-8,10,12-16,18H2,1-2H3/t20-,23-,24-,25-,26+,27-/m0/s1. The zero-order valence-electron chi connectivity index (χ0n) is 27.1. The van der Waals surface area contributed by atoms with Gasteiger partial charge in [-0.05, 0) is 124 Å². The Balaban J connectivity index is 1.29. The van der Waals surface area contributed by atoms with E-state index in [-0.39, 0.29) is 29.5 Å². The van der Waals surface area contributed by atoms with E-state index in [0.29, 0.717) is 24.7 Å². The molecule has 1 aromatic carbocycles. The highest BCUT2D eigenvalue weighted by molar-refractivity contribution is 5.40. The number of aliphatic hydroxyl groups is 1.